The van der Waals surface area contributed by atoms with Crippen molar-refractivity contribution in [1.29, 1.82) is 0 Å². The molecule has 0 aromatic heterocycles. The van der Waals surface area contributed by atoms with Gasteiger partial charge in [-0.25, -0.2) is 4.39 Å². The van der Waals surface area contributed by atoms with Crippen LogP contribution in [-0.2, 0) is 9.47 Å². The zero-order chi connectivity index (χ0) is 15.3. The molecule has 0 aliphatic heterocycles. The fraction of sp³-hybridized carbons (Fsp3) is 0.600. The average Bonchev–Trinajstić information content (AvgIpc) is 2.49. The Kier molecular flexibility index (Phi) is 9.73. The van der Waals surface area contributed by atoms with Gasteiger partial charge < -0.3 is 24.6 Å². The lowest BCUT2D eigenvalue weighted by atomic mass is 10.3. The minimum absolute atomic E-state index is 0.170. The van der Waals surface area contributed by atoms with Crippen LogP contribution in [0.2, 0.25) is 0 Å². The van der Waals surface area contributed by atoms with Gasteiger partial charge in [-0.05, 0) is 37.2 Å². The Hall–Kier alpha value is -1.21. The highest BCUT2D eigenvalue weighted by Crippen LogP contribution is 2.11. The molecule has 0 aliphatic carbocycles. The first-order chi connectivity index (χ1) is 10.2. The number of aliphatic hydroxyl groups is 1. The molecule has 0 saturated carbocycles. The number of hydrogen-bond donors (Lipinski definition) is 2. The largest absolute Gasteiger partial charge is 0.491 e. The van der Waals surface area contributed by atoms with Crippen LogP contribution in [0.5, 0.6) is 5.75 Å². The summed E-state index contributed by atoms with van der Waals surface area (Å²) < 4.78 is 28.2. The van der Waals surface area contributed by atoms with Gasteiger partial charge in [0.2, 0.25) is 0 Å². The van der Waals surface area contributed by atoms with Crippen molar-refractivity contribution in [2.75, 3.05) is 46.6 Å². The van der Waals surface area contributed by atoms with Crippen LogP contribution in [-0.4, -0.2) is 57.8 Å². The number of rotatable bonds is 12. The maximum Gasteiger partial charge on any atom is 0.123 e. The van der Waals surface area contributed by atoms with Crippen molar-refractivity contribution in [3.63, 3.8) is 0 Å². The monoisotopic (exact) mass is 301 g/mol. The van der Waals surface area contributed by atoms with Gasteiger partial charge >= 0.3 is 0 Å². The summed E-state index contributed by atoms with van der Waals surface area (Å²) in [6, 6.07) is 5.72. The smallest absolute Gasteiger partial charge is 0.123 e. The molecular formula is C15H24FNO4. The van der Waals surface area contributed by atoms with Gasteiger partial charge in [0, 0.05) is 20.3 Å². The summed E-state index contributed by atoms with van der Waals surface area (Å²) in [6.07, 6.45) is 0.263. The molecule has 2 N–H and O–H groups in total. The number of nitrogens with one attached hydrogen (secondary N) is 1. The zero-order valence-electron chi connectivity index (χ0n) is 12.4. The second kappa shape index (κ2) is 11.4. The number of benzene rings is 1. The van der Waals surface area contributed by atoms with Crippen LogP contribution in [0.15, 0.2) is 24.3 Å². The lowest BCUT2D eigenvalue weighted by Gasteiger charge is -2.13. The molecule has 0 radical (unpaired) electrons. The van der Waals surface area contributed by atoms with E-state index in [1.807, 2.05) is 0 Å². The lowest BCUT2D eigenvalue weighted by Crippen LogP contribution is -2.32. The Balaban J connectivity index is 1.96. The summed E-state index contributed by atoms with van der Waals surface area (Å²) in [6.45, 7) is 3.25. The standard InChI is InChI=1S/C15H24FNO4/c1-19-9-10-20-8-2-7-17-11-14(18)12-21-15-5-3-13(16)4-6-15/h3-6,14,17-18H,2,7-12H2,1H3. The number of halogens is 1. The molecule has 5 nitrogen and oxygen atoms in total. The predicted molar refractivity (Wildman–Crippen MR) is 78.1 cm³/mol. The molecule has 0 heterocycles. The van der Waals surface area contributed by atoms with E-state index in [0.717, 1.165) is 13.0 Å². The van der Waals surface area contributed by atoms with Crippen LogP contribution in [0.3, 0.4) is 0 Å². The topological polar surface area (TPSA) is 60.0 Å². The van der Waals surface area contributed by atoms with Crippen LogP contribution in [0.25, 0.3) is 0 Å². The summed E-state index contributed by atoms with van der Waals surface area (Å²) in [5.74, 6) is 0.235. The first-order valence-electron chi connectivity index (χ1n) is 7.06. The molecule has 0 fully saturated rings. The zero-order valence-corrected chi connectivity index (χ0v) is 12.4. The number of ether oxygens (including phenoxy) is 3. The second-order valence-electron chi connectivity index (χ2n) is 4.58. The third-order valence-corrected chi connectivity index (χ3v) is 2.71. The molecule has 21 heavy (non-hydrogen) atoms. The summed E-state index contributed by atoms with van der Waals surface area (Å²) >= 11 is 0. The Bertz CT molecular complexity index is 361. The Morgan fingerprint density at radius 1 is 1.19 bits per heavy atom. The van der Waals surface area contributed by atoms with Gasteiger partial charge in [-0.1, -0.05) is 0 Å². The summed E-state index contributed by atoms with van der Waals surface area (Å²) in [5, 5.41) is 12.8. The molecule has 1 unspecified atom stereocenters. The van der Waals surface area contributed by atoms with E-state index in [1.165, 1.54) is 24.3 Å². The molecule has 1 aromatic carbocycles. The highest BCUT2D eigenvalue weighted by atomic mass is 19.1. The average molecular weight is 301 g/mol. The van der Waals surface area contributed by atoms with Crippen molar-refractivity contribution < 1.29 is 23.7 Å². The first kappa shape index (κ1) is 17.8. The van der Waals surface area contributed by atoms with Gasteiger partial charge in [0.1, 0.15) is 24.3 Å². The molecule has 1 rings (SSSR count). The lowest BCUT2D eigenvalue weighted by molar-refractivity contribution is 0.0683. The minimum Gasteiger partial charge on any atom is -0.491 e. The van der Waals surface area contributed by atoms with Crippen molar-refractivity contribution >= 4 is 0 Å². The van der Waals surface area contributed by atoms with Gasteiger partial charge in [0.25, 0.3) is 0 Å². The van der Waals surface area contributed by atoms with E-state index in [2.05, 4.69) is 5.32 Å². The van der Waals surface area contributed by atoms with E-state index in [0.29, 0.717) is 32.1 Å². The SMILES string of the molecule is COCCOCCCNCC(O)COc1ccc(F)cc1. The third kappa shape index (κ3) is 9.36. The summed E-state index contributed by atoms with van der Waals surface area (Å²) in [7, 11) is 1.64. The van der Waals surface area contributed by atoms with E-state index < -0.39 is 6.10 Å². The molecular weight excluding hydrogens is 277 g/mol. The quantitative estimate of drug-likeness (QED) is 0.568. The van der Waals surface area contributed by atoms with Crippen LogP contribution >= 0.6 is 0 Å². The van der Waals surface area contributed by atoms with Crippen molar-refractivity contribution in [1.82, 2.24) is 5.32 Å². The normalized spacial score (nSPS) is 12.3. The van der Waals surface area contributed by atoms with Crippen LogP contribution in [0.4, 0.5) is 4.39 Å². The molecule has 120 valence electrons. The summed E-state index contributed by atoms with van der Waals surface area (Å²) in [4.78, 5) is 0. The summed E-state index contributed by atoms with van der Waals surface area (Å²) in [5.41, 5.74) is 0. The third-order valence-electron chi connectivity index (χ3n) is 2.71. The van der Waals surface area contributed by atoms with Crippen molar-refractivity contribution in [2.24, 2.45) is 0 Å². The van der Waals surface area contributed by atoms with Crippen LogP contribution in [0.1, 0.15) is 6.42 Å². The number of methoxy groups -OCH3 is 1. The van der Waals surface area contributed by atoms with Crippen LogP contribution < -0.4 is 10.1 Å². The molecule has 0 aliphatic rings. The molecule has 0 bridgehead atoms. The van der Waals surface area contributed by atoms with E-state index in [4.69, 9.17) is 14.2 Å². The Morgan fingerprint density at radius 3 is 2.67 bits per heavy atom. The maximum absolute atomic E-state index is 12.7. The van der Waals surface area contributed by atoms with E-state index in [1.54, 1.807) is 7.11 Å². The molecule has 0 saturated heterocycles. The van der Waals surface area contributed by atoms with Crippen molar-refractivity contribution in [3.8, 4) is 5.75 Å². The first-order valence-corrected chi connectivity index (χ1v) is 7.06. The highest BCUT2D eigenvalue weighted by molar-refractivity contribution is 5.22. The Morgan fingerprint density at radius 2 is 1.95 bits per heavy atom. The van der Waals surface area contributed by atoms with Crippen LogP contribution in [0, 0.1) is 5.82 Å². The molecule has 6 heteroatoms. The number of hydrogen-bond acceptors (Lipinski definition) is 5. The Labute approximate surface area is 125 Å². The highest BCUT2D eigenvalue weighted by Gasteiger charge is 2.04. The van der Waals surface area contributed by atoms with Gasteiger partial charge in [-0.3, -0.25) is 0 Å². The number of aliphatic hydroxyl groups excluding tert-OH is 1. The predicted octanol–water partition coefficient (Wildman–Crippen LogP) is 1.21. The fourth-order valence-corrected chi connectivity index (χ4v) is 1.59. The van der Waals surface area contributed by atoms with Gasteiger partial charge in [0.05, 0.1) is 13.2 Å². The minimum atomic E-state index is -0.607. The van der Waals surface area contributed by atoms with E-state index in [9.17, 15) is 9.50 Å². The molecule has 1 aromatic rings. The van der Waals surface area contributed by atoms with E-state index in [-0.39, 0.29) is 12.4 Å². The molecule has 0 amide bonds. The fourth-order valence-electron chi connectivity index (χ4n) is 1.59. The van der Waals surface area contributed by atoms with Crippen molar-refractivity contribution in [2.45, 2.75) is 12.5 Å². The van der Waals surface area contributed by atoms with Crippen molar-refractivity contribution in [3.05, 3.63) is 30.1 Å². The maximum atomic E-state index is 12.7. The van der Waals surface area contributed by atoms with Gasteiger partial charge in [-0.2, -0.15) is 0 Å². The molecule has 0 spiro atoms. The van der Waals surface area contributed by atoms with Gasteiger partial charge in [-0.15, -0.1) is 0 Å². The van der Waals surface area contributed by atoms with E-state index >= 15 is 0 Å². The second-order valence-corrected chi connectivity index (χ2v) is 4.58. The van der Waals surface area contributed by atoms with Gasteiger partial charge in [0.15, 0.2) is 0 Å². The molecule has 1 atom stereocenters.